The molecule has 3 aromatic rings. The molecule has 40 heavy (non-hydrogen) atoms. The number of rotatable bonds is 14. The van der Waals surface area contributed by atoms with Crippen molar-refractivity contribution in [3.8, 4) is 11.1 Å². The van der Waals surface area contributed by atoms with E-state index in [0.29, 0.717) is 38.4 Å². The zero-order valence-corrected chi connectivity index (χ0v) is 22.8. The van der Waals surface area contributed by atoms with Gasteiger partial charge in [0.25, 0.3) is 0 Å². The molecule has 0 spiro atoms. The van der Waals surface area contributed by atoms with Crippen molar-refractivity contribution in [3.05, 3.63) is 83.3 Å². The van der Waals surface area contributed by atoms with E-state index in [1.807, 2.05) is 61.5 Å². The van der Waals surface area contributed by atoms with Gasteiger partial charge in [-0.05, 0) is 37.5 Å². The van der Waals surface area contributed by atoms with Crippen LogP contribution in [-0.4, -0.2) is 67.4 Å². The number of cyclic esters (lactones) is 1. The molecule has 9 nitrogen and oxygen atoms in total. The number of carbonyl (C=O) groups is 3. The lowest BCUT2D eigenvalue weighted by Gasteiger charge is -2.22. The van der Waals surface area contributed by atoms with Gasteiger partial charge in [-0.15, -0.1) is 0 Å². The highest BCUT2D eigenvalue weighted by Gasteiger charge is 2.42. The SMILES string of the molecule is Cc1cccc(-c2cc(C(=O)C(C)C(=O)N3C(=O)OCC3c3ccccc3)oc2CCCOCCOCCO)c1. The summed E-state index contributed by atoms with van der Waals surface area (Å²) in [4.78, 5) is 40.5. The van der Waals surface area contributed by atoms with Crippen LogP contribution in [0.1, 0.15) is 46.8 Å². The largest absolute Gasteiger partial charge is 0.457 e. The highest BCUT2D eigenvalue weighted by molar-refractivity contribution is 6.12. The lowest BCUT2D eigenvalue weighted by Crippen LogP contribution is -2.40. The molecule has 1 aliphatic rings. The van der Waals surface area contributed by atoms with Gasteiger partial charge in [0, 0.05) is 18.6 Å². The van der Waals surface area contributed by atoms with Crippen molar-refractivity contribution in [1.82, 2.24) is 4.90 Å². The van der Waals surface area contributed by atoms with Gasteiger partial charge in [0.15, 0.2) is 5.76 Å². The number of nitrogens with zero attached hydrogens (tertiary/aromatic N) is 1. The molecule has 1 aliphatic heterocycles. The Morgan fingerprint density at radius 2 is 1.77 bits per heavy atom. The molecule has 0 bridgehead atoms. The summed E-state index contributed by atoms with van der Waals surface area (Å²) in [5, 5.41) is 8.76. The molecule has 2 heterocycles. The highest BCUT2D eigenvalue weighted by Crippen LogP contribution is 2.33. The van der Waals surface area contributed by atoms with Crippen LogP contribution in [0, 0.1) is 12.8 Å². The first-order chi connectivity index (χ1) is 19.4. The maximum Gasteiger partial charge on any atom is 0.417 e. The summed E-state index contributed by atoms with van der Waals surface area (Å²) in [7, 11) is 0. The number of hydrogen-bond acceptors (Lipinski definition) is 8. The number of furan rings is 1. The second kappa shape index (κ2) is 14.0. The molecule has 0 radical (unpaired) electrons. The minimum absolute atomic E-state index is 0.0266. The molecule has 0 saturated carbocycles. The van der Waals surface area contributed by atoms with Crippen LogP contribution in [-0.2, 0) is 25.4 Å². The number of ketones is 1. The zero-order valence-electron chi connectivity index (χ0n) is 22.8. The summed E-state index contributed by atoms with van der Waals surface area (Å²) >= 11 is 0. The van der Waals surface area contributed by atoms with Crippen LogP contribution in [0.2, 0.25) is 0 Å². The Morgan fingerprint density at radius 1 is 1.02 bits per heavy atom. The average molecular weight is 550 g/mol. The number of aryl methyl sites for hydroxylation is 2. The quantitative estimate of drug-likeness (QED) is 0.174. The number of carbonyl (C=O) groups excluding carboxylic acids is 3. The van der Waals surface area contributed by atoms with E-state index >= 15 is 0 Å². The third-order valence-corrected chi connectivity index (χ3v) is 6.74. The fourth-order valence-electron chi connectivity index (χ4n) is 4.63. The van der Waals surface area contributed by atoms with E-state index in [2.05, 4.69) is 0 Å². The Labute approximate surface area is 233 Å². The summed E-state index contributed by atoms with van der Waals surface area (Å²) in [6.07, 6.45) is 0.401. The number of ether oxygens (including phenoxy) is 3. The number of aliphatic hydroxyl groups excluding tert-OH is 1. The van der Waals surface area contributed by atoms with Crippen molar-refractivity contribution in [2.24, 2.45) is 5.92 Å². The van der Waals surface area contributed by atoms with Crippen molar-refractivity contribution < 1.29 is 38.1 Å². The fraction of sp³-hybridized carbons (Fsp3) is 0.387. The van der Waals surface area contributed by atoms with E-state index in [0.717, 1.165) is 27.2 Å². The predicted octanol–water partition coefficient (Wildman–Crippen LogP) is 4.75. The smallest absolute Gasteiger partial charge is 0.417 e. The van der Waals surface area contributed by atoms with Gasteiger partial charge >= 0.3 is 6.09 Å². The van der Waals surface area contributed by atoms with E-state index in [9.17, 15) is 14.4 Å². The maximum atomic E-state index is 13.5. The van der Waals surface area contributed by atoms with Gasteiger partial charge in [0.1, 0.15) is 24.3 Å². The Hall–Kier alpha value is -3.79. The molecule has 0 aliphatic carbocycles. The molecule has 2 unspecified atom stereocenters. The van der Waals surface area contributed by atoms with Crippen LogP contribution in [0.4, 0.5) is 4.79 Å². The minimum atomic E-state index is -1.15. The van der Waals surface area contributed by atoms with Gasteiger partial charge in [0.2, 0.25) is 11.7 Å². The molecule has 2 aromatic carbocycles. The Balaban J connectivity index is 1.49. The minimum Gasteiger partial charge on any atom is -0.457 e. The molecule has 212 valence electrons. The van der Waals surface area contributed by atoms with E-state index in [1.165, 1.54) is 6.92 Å². The molecular weight excluding hydrogens is 514 g/mol. The molecule has 4 rings (SSSR count). The standard InChI is InChI=1S/C31H35NO8/c1-21-8-6-11-24(18-21)25-19-28(40-27(25)12-7-14-37-16-17-38-15-13-33)29(34)22(2)30(35)32-26(20-39-31(32)36)23-9-4-3-5-10-23/h3-6,8-11,18-19,22,26,33H,7,12-17,20H2,1-2H3. The van der Waals surface area contributed by atoms with Crippen molar-refractivity contribution >= 4 is 17.8 Å². The molecule has 2 amide bonds. The summed E-state index contributed by atoms with van der Waals surface area (Å²) in [6, 6.07) is 18.1. The van der Waals surface area contributed by atoms with Crippen molar-refractivity contribution in [2.45, 2.75) is 32.7 Å². The van der Waals surface area contributed by atoms with Crippen LogP contribution in [0.15, 0.2) is 65.1 Å². The summed E-state index contributed by atoms with van der Waals surface area (Å²) in [5.41, 5.74) is 3.50. The van der Waals surface area contributed by atoms with Crippen molar-refractivity contribution in [3.63, 3.8) is 0 Å². The first-order valence-electron chi connectivity index (χ1n) is 13.5. The van der Waals surface area contributed by atoms with E-state index < -0.39 is 29.7 Å². The number of hydrogen-bond donors (Lipinski definition) is 1. The first kappa shape index (κ1) is 29.2. The van der Waals surface area contributed by atoms with Gasteiger partial charge in [0.05, 0.1) is 26.4 Å². The van der Waals surface area contributed by atoms with Crippen LogP contribution < -0.4 is 0 Å². The predicted molar refractivity (Wildman–Crippen MR) is 147 cm³/mol. The molecular formula is C31H35NO8. The number of aliphatic hydroxyl groups is 1. The molecule has 9 heteroatoms. The number of amides is 2. The summed E-state index contributed by atoms with van der Waals surface area (Å²) < 4.78 is 22.0. The first-order valence-corrected chi connectivity index (χ1v) is 13.5. The fourth-order valence-corrected chi connectivity index (χ4v) is 4.63. The molecule has 2 atom stereocenters. The summed E-state index contributed by atoms with van der Waals surface area (Å²) in [6.45, 7) is 5.03. The molecule has 1 N–H and O–H groups in total. The van der Waals surface area contributed by atoms with Crippen molar-refractivity contribution in [2.75, 3.05) is 39.6 Å². The number of imide groups is 1. The second-order valence-electron chi connectivity index (χ2n) is 9.67. The Bertz CT molecular complexity index is 1300. The van der Waals surface area contributed by atoms with E-state index in [-0.39, 0.29) is 25.6 Å². The van der Waals surface area contributed by atoms with Crippen LogP contribution in [0.5, 0.6) is 0 Å². The zero-order chi connectivity index (χ0) is 28.5. The van der Waals surface area contributed by atoms with Gasteiger partial charge in [-0.2, -0.15) is 0 Å². The maximum absolute atomic E-state index is 13.5. The lowest BCUT2D eigenvalue weighted by atomic mass is 9.98. The lowest BCUT2D eigenvalue weighted by molar-refractivity contribution is -0.131. The van der Waals surface area contributed by atoms with E-state index in [4.69, 9.17) is 23.7 Å². The van der Waals surface area contributed by atoms with Crippen LogP contribution >= 0.6 is 0 Å². The molecule has 1 aromatic heterocycles. The highest BCUT2D eigenvalue weighted by atomic mass is 16.6. The Kier molecular flexibility index (Phi) is 10.2. The van der Waals surface area contributed by atoms with Gasteiger partial charge in [-0.3, -0.25) is 9.59 Å². The topological polar surface area (TPSA) is 116 Å². The third kappa shape index (κ3) is 7.04. The van der Waals surface area contributed by atoms with Crippen molar-refractivity contribution in [1.29, 1.82) is 0 Å². The van der Waals surface area contributed by atoms with Gasteiger partial charge in [-0.25, -0.2) is 9.69 Å². The number of Topliss-reactive ketones (excluding diaryl/α,β-unsaturated/α-hetero) is 1. The van der Waals surface area contributed by atoms with Crippen LogP contribution in [0.25, 0.3) is 11.1 Å². The third-order valence-electron chi connectivity index (χ3n) is 6.74. The number of benzene rings is 2. The average Bonchev–Trinajstić information content (AvgIpc) is 3.57. The summed E-state index contributed by atoms with van der Waals surface area (Å²) in [5.74, 6) is -1.60. The monoisotopic (exact) mass is 549 g/mol. The normalized spacial score (nSPS) is 15.7. The second-order valence-corrected chi connectivity index (χ2v) is 9.67. The van der Waals surface area contributed by atoms with Gasteiger partial charge in [-0.1, -0.05) is 60.2 Å². The van der Waals surface area contributed by atoms with E-state index in [1.54, 1.807) is 6.07 Å². The Morgan fingerprint density at radius 3 is 2.50 bits per heavy atom. The van der Waals surface area contributed by atoms with Crippen LogP contribution in [0.3, 0.4) is 0 Å². The molecule has 1 fully saturated rings. The van der Waals surface area contributed by atoms with Gasteiger partial charge < -0.3 is 23.7 Å². The molecule has 1 saturated heterocycles.